The molecule has 1 heterocycles. The zero-order valence-electron chi connectivity index (χ0n) is 12.7. The summed E-state index contributed by atoms with van der Waals surface area (Å²) in [6.45, 7) is 0.420. The zero-order valence-corrected chi connectivity index (χ0v) is 13.5. The maximum atomic E-state index is 12.8. The summed E-state index contributed by atoms with van der Waals surface area (Å²) >= 11 is 5.31. The molecule has 1 aliphatic rings. The van der Waals surface area contributed by atoms with Crippen LogP contribution in [-0.4, -0.2) is 22.6 Å². The highest BCUT2D eigenvalue weighted by Gasteiger charge is 2.11. The summed E-state index contributed by atoms with van der Waals surface area (Å²) in [5.41, 5.74) is 1.79. The highest BCUT2D eigenvalue weighted by atomic mass is 32.1. The van der Waals surface area contributed by atoms with E-state index in [0.29, 0.717) is 27.8 Å². The van der Waals surface area contributed by atoms with Crippen molar-refractivity contribution in [2.24, 2.45) is 0 Å². The van der Waals surface area contributed by atoms with Gasteiger partial charge in [0.05, 0.1) is 30.1 Å². The molecular formula is C17H16N2O3S. The molecule has 0 fully saturated rings. The predicted octanol–water partition coefficient (Wildman–Crippen LogP) is 3.12. The summed E-state index contributed by atoms with van der Waals surface area (Å²) in [5.74, 6) is -0.474. The minimum atomic E-state index is -0.474. The Morgan fingerprint density at radius 3 is 2.91 bits per heavy atom. The average Bonchev–Trinajstić information content (AvgIpc) is 2.58. The molecule has 0 amide bonds. The summed E-state index contributed by atoms with van der Waals surface area (Å²) in [6.07, 6.45) is 8.20. The molecule has 0 saturated carbocycles. The molecule has 0 radical (unpaired) electrons. The van der Waals surface area contributed by atoms with Crippen LogP contribution in [0, 0.1) is 4.77 Å². The SMILES string of the molecule is COC(=O)c1ccc2[nH]c(=S)n(CC3=CCCC=C3)c(=O)c2c1. The molecule has 3 rings (SSSR count). The van der Waals surface area contributed by atoms with Gasteiger partial charge in [0.2, 0.25) is 0 Å². The average molecular weight is 328 g/mol. The number of nitrogens with one attached hydrogen (secondary N) is 1. The number of esters is 1. The second-order valence-corrected chi connectivity index (χ2v) is 5.72. The first-order valence-electron chi connectivity index (χ1n) is 7.31. The van der Waals surface area contributed by atoms with Crippen LogP contribution in [0.2, 0.25) is 0 Å². The topological polar surface area (TPSA) is 64.1 Å². The lowest BCUT2D eigenvalue weighted by atomic mass is 10.1. The summed E-state index contributed by atoms with van der Waals surface area (Å²) in [6, 6.07) is 4.81. The molecule has 1 aromatic carbocycles. The van der Waals surface area contributed by atoms with E-state index in [-0.39, 0.29) is 5.56 Å². The quantitative estimate of drug-likeness (QED) is 0.694. The van der Waals surface area contributed by atoms with Crippen LogP contribution >= 0.6 is 12.2 Å². The van der Waals surface area contributed by atoms with Crippen molar-refractivity contribution >= 4 is 29.1 Å². The molecule has 2 aromatic rings. The Hall–Kier alpha value is -2.47. The molecule has 23 heavy (non-hydrogen) atoms. The fourth-order valence-corrected chi connectivity index (χ4v) is 2.86. The number of methoxy groups -OCH3 is 1. The molecule has 1 aromatic heterocycles. The molecule has 5 nitrogen and oxygen atoms in total. The van der Waals surface area contributed by atoms with Gasteiger partial charge in [-0.1, -0.05) is 18.2 Å². The number of carbonyl (C=O) groups is 1. The van der Waals surface area contributed by atoms with Gasteiger partial charge in [0.15, 0.2) is 4.77 Å². The fraction of sp³-hybridized carbons (Fsp3) is 0.235. The van der Waals surface area contributed by atoms with E-state index < -0.39 is 5.97 Å². The molecule has 118 valence electrons. The van der Waals surface area contributed by atoms with Crippen molar-refractivity contribution in [1.29, 1.82) is 0 Å². The van der Waals surface area contributed by atoms with Gasteiger partial charge in [-0.2, -0.15) is 0 Å². The summed E-state index contributed by atoms with van der Waals surface area (Å²) in [5, 5.41) is 0.418. The number of ether oxygens (including phenoxy) is 1. The smallest absolute Gasteiger partial charge is 0.337 e. The number of nitrogens with zero attached hydrogens (tertiary/aromatic N) is 1. The van der Waals surface area contributed by atoms with E-state index in [4.69, 9.17) is 17.0 Å². The van der Waals surface area contributed by atoms with Crippen molar-refractivity contribution in [3.05, 3.63) is 62.7 Å². The Morgan fingerprint density at radius 1 is 1.39 bits per heavy atom. The van der Waals surface area contributed by atoms with Crippen molar-refractivity contribution in [2.75, 3.05) is 7.11 Å². The standard InChI is InChI=1S/C17H16N2O3S/c1-22-16(21)12-7-8-14-13(9-12)15(20)19(17(23)18-14)10-11-5-3-2-4-6-11/h3,5-9H,2,4,10H2,1H3,(H,18,23). The van der Waals surface area contributed by atoms with Crippen LogP contribution in [0.1, 0.15) is 23.2 Å². The summed E-state index contributed by atoms with van der Waals surface area (Å²) < 4.78 is 6.59. The maximum absolute atomic E-state index is 12.8. The summed E-state index contributed by atoms with van der Waals surface area (Å²) in [4.78, 5) is 27.5. The van der Waals surface area contributed by atoms with Gasteiger partial charge in [-0.3, -0.25) is 9.36 Å². The van der Waals surface area contributed by atoms with E-state index in [9.17, 15) is 9.59 Å². The molecule has 0 unspecified atom stereocenters. The molecule has 0 bridgehead atoms. The van der Waals surface area contributed by atoms with E-state index >= 15 is 0 Å². The number of fused-ring (bicyclic) bond motifs is 1. The number of allylic oxidation sites excluding steroid dienone is 4. The molecule has 1 aliphatic carbocycles. The van der Waals surface area contributed by atoms with E-state index in [2.05, 4.69) is 17.1 Å². The van der Waals surface area contributed by atoms with Gasteiger partial charge in [-0.25, -0.2) is 4.79 Å². The van der Waals surface area contributed by atoms with Crippen molar-refractivity contribution in [3.8, 4) is 0 Å². The van der Waals surface area contributed by atoms with Crippen molar-refractivity contribution in [2.45, 2.75) is 19.4 Å². The van der Waals surface area contributed by atoms with Gasteiger partial charge in [-0.05, 0) is 48.8 Å². The Bertz CT molecular complexity index is 950. The first-order chi connectivity index (χ1) is 11.1. The lowest BCUT2D eigenvalue weighted by Crippen LogP contribution is -2.23. The first-order valence-corrected chi connectivity index (χ1v) is 7.72. The Kier molecular flexibility index (Phi) is 4.25. The van der Waals surface area contributed by atoms with Crippen molar-refractivity contribution in [3.63, 3.8) is 0 Å². The van der Waals surface area contributed by atoms with Gasteiger partial charge >= 0.3 is 5.97 Å². The van der Waals surface area contributed by atoms with Gasteiger partial charge in [0, 0.05) is 0 Å². The number of rotatable bonds is 3. The second-order valence-electron chi connectivity index (χ2n) is 5.33. The Labute approximate surface area is 137 Å². The lowest BCUT2D eigenvalue weighted by Gasteiger charge is -2.11. The molecule has 0 atom stereocenters. The highest BCUT2D eigenvalue weighted by Crippen LogP contribution is 2.14. The van der Waals surface area contributed by atoms with Crippen LogP contribution in [0.25, 0.3) is 10.9 Å². The number of carbonyl (C=O) groups excluding carboxylic acids is 1. The Morgan fingerprint density at radius 2 is 2.22 bits per heavy atom. The van der Waals surface area contributed by atoms with Crippen LogP contribution in [0.5, 0.6) is 0 Å². The lowest BCUT2D eigenvalue weighted by molar-refractivity contribution is 0.0601. The van der Waals surface area contributed by atoms with E-state index in [1.54, 1.807) is 12.1 Å². The minimum Gasteiger partial charge on any atom is -0.465 e. The monoisotopic (exact) mass is 328 g/mol. The highest BCUT2D eigenvalue weighted by molar-refractivity contribution is 7.71. The molecule has 0 saturated heterocycles. The van der Waals surface area contributed by atoms with E-state index in [0.717, 1.165) is 18.4 Å². The number of H-pyrrole nitrogens is 1. The molecular weight excluding hydrogens is 312 g/mol. The molecule has 0 aliphatic heterocycles. The van der Waals surface area contributed by atoms with Crippen molar-refractivity contribution in [1.82, 2.24) is 9.55 Å². The second kappa shape index (κ2) is 6.34. The van der Waals surface area contributed by atoms with Crippen LogP contribution in [-0.2, 0) is 11.3 Å². The number of hydrogen-bond donors (Lipinski definition) is 1. The number of hydrogen-bond acceptors (Lipinski definition) is 4. The van der Waals surface area contributed by atoms with Gasteiger partial charge in [0.25, 0.3) is 5.56 Å². The van der Waals surface area contributed by atoms with Crippen molar-refractivity contribution < 1.29 is 9.53 Å². The van der Waals surface area contributed by atoms with E-state index in [1.807, 2.05) is 6.08 Å². The molecule has 0 spiro atoms. The van der Waals surface area contributed by atoms with Crippen LogP contribution in [0.3, 0.4) is 0 Å². The predicted molar refractivity (Wildman–Crippen MR) is 91.2 cm³/mol. The third-order valence-electron chi connectivity index (χ3n) is 3.82. The van der Waals surface area contributed by atoms with E-state index in [1.165, 1.54) is 17.7 Å². The molecule has 6 heteroatoms. The zero-order chi connectivity index (χ0) is 16.4. The van der Waals surface area contributed by atoms with Crippen LogP contribution < -0.4 is 5.56 Å². The van der Waals surface area contributed by atoms with Crippen LogP contribution in [0.15, 0.2) is 46.8 Å². The Balaban J connectivity index is 2.13. The van der Waals surface area contributed by atoms with Crippen LogP contribution in [0.4, 0.5) is 0 Å². The fourth-order valence-electron chi connectivity index (χ4n) is 2.61. The number of benzene rings is 1. The summed E-state index contributed by atoms with van der Waals surface area (Å²) in [7, 11) is 1.31. The van der Waals surface area contributed by atoms with Gasteiger partial charge < -0.3 is 9.72 Å². The largest absolute Gasteiger partial charge is 0.465 e. The number of aromatic amines is 1. The number of aromatic nitrogens is 2. The minimum absolute atomic E-state index is 0.214. The maximum Gasteiger partial charge on any atom is 0.337 e. The molecule has 1 N–H and O–H groups in total. The third-order valence-corrected chi connectivity index (χ3v) is 4.14. The van der Waals surface area contributed by atoms with Gasteiger partial charge in [-0.15, -0.1) is 0 Å². The third kappa shape index (κ3) is 3.03. The normalized spacial score (nSPS) is 13.9. The first kappa shape index (κ1) is 15.4. The van der Waals surface area contributed by atoms with Gasteiger partial charge in [0.1, 0.15) is 0 Å².